The third-order valence-corrected chi connectivity index (χ3v) is 6.89. The average molecular weight is 334 g/mol. The van der Waals surface area contributed by atoms with Crippen LogP contribution in [0.2, 0.25) is 0 Å². The number of nitrogens with two attached hydrogens (primary N) is 1. The van der Waals surface area contributed by atoms with Gasteiger partial charge < -0.3 is 10.6 Å². The van der Waals surface area contributed by atoms with E-state index in [1.807, 2.05) is 16.7 Å². The molecule has 0 radical (unpaired) electrons. The van der Waals surface area contributed by atoms with Crippen molar-refractivity contribution in [2.75, 3.05) is 35.7 Å². The Balaban J connectivity index is 2.57. The number of nitrogens with zero attached hydrogens (tertiary/aromatic N) is 1. The number of nitrogen functional groups attached to an aromatic ring is 1. The summed E-state index contributed by atoms with van der Waals surface area (Å²) in [5.74, 6) is 0.750. The summed E-state index contributed by atoms with van der Waals surface area (Å²) in [6, 6.07) is 0. The minimum atomic E-state index is -3.46. The van der Waals surface area contributed by atoms with Crippen molar-refractivity contribution in [3.05, 3.63) is 4.88 Å². The number of hydrogen-bond acceptors (Lipinski definition) is 7. The van der Waals surface area contributed by atoms with E-state index in [4.69, 9.17) is 5.73 Å². The molecule has 1 aliphatic rings. The molecule has 0 aliphatic carbocycles. The Morgan fingerprint density at radius 3 is 2.60 bits per heavy atom. The molecular formula is C12H18N2O3S3. The Labute approximate surface area is 127 Å². The summed E-state index contributed by atoms with van der Waals surface area (Å²) in [6.07, 6.45) is 1.14. The van der Waals surface area contributed by atoms with E-state index in [1.165, 1.54) is 18.3 Å². The van der Waals surface area contributed by atoms with Gasteiger partial charge in [-0.1, -0.05) is 6.92 Å². The van der Waals surface area contributed by atoms with Crippen LogP contribution in [0.15, 0.2) is 4.90 Å². The number of hydrogen-bond donors (Lipinski definition) is 1. The maximum Gasteiger partial charge on any atom is 0.180 e. The van der Waals surface area contributed by atoms with Gasteiger partial charge in [0.25, 0.3) is 0 Å². The second kappa shape index (κ2) is 5.57. The summed E-state index contributed by atoms with van der Waals surface area (Å²) >= 11 is 3.06. The first-order valence-corrected chi connectivity index (χ1v) is 9.97. The number of carbonyl (C=O) groups excluding carboxylic acids is 1. The van der Waals surface area contributed by atoms with E-state index in [-0.39, 0.29) is 16.4 Å². The first kappa shape index (κ1) is 15.7. The van der Waals surface area contributed by atoms with Gasteiger partial charge in [-0.15, -0.1) is 11.3 Å². The molecule has 8 heteroatoms. The molecule has 112 valence electrons. The van der Waals surface area contributed by atoms with Gasteiger partial charge in [0.2, 0.25) is 0 Å². The molecule has 1 aromatic rings. The Bertz CT molecular complexity index is 637. The fraction of sp³-hybridized carbons (Fsp3) is 0.583. The molecule has 1 aromatic heterocycles. The molecule has 20 heavy (non-hydrogen) atoms. The molecular weight excluding hydrogens is 316 g/mol. The lowest BCUT2D eigenvalue weighted by Crippen LogP contribution is -2.36. The summed E-state index contributed by atoms with van der Waals surface area (Å²) in [5.41, 5.74) is 6.01. The second-order valence-corrected chi connectivity index (χ2v) is 9.43. The Morgan fingerprint density at radius 2 is 2.10 bits per heavy atom. The fourth-order valence-electron chi connectivity index (χ4n) is 2.25. The largest absolute Gasteiger partial charge is 0.396 e. The molecule has 1 saturated heterocycles. The molecule has 1 unspecified atom stereocenters. The van der Waals surface area contributed by atoms with Crippen LogP contribution in [0.4, 0.5) is 10.7 Å². The first-order valence-electron chi connectivity index (χ1n) is 6.21. The molecule has 1 fully saturated rings. The van der Waals surface area contributed by atoms with Crippen LogP contribution in [-0.2, 0) is 9.84 Å². The van der Waals surface area contributed by atoms with E-state index in [0.29, 0.717) is 15.1 Å². The molecule has 0 saturated carbocycles. The third kappa shape index (κ3) is 2.96. The number of sulfone groups is 1. The van der Waals surface area contributed by atoms with E-state index >= 15 is 0 Å². The molecule has 2 N–H and O–H groups in total. The molecule has 0 amide bonds. The SMILES string of the molecule is CC(=O)c1sc(N2CCSC(C)C2)c(S(C)(=O)=O)c1N. The number of thioether (sulfide) groups is 1. The quantitative estimate of drug-likeness (QED) is 0.850. The number of anilines is 2. The van der Waals surface area contributed by atoms with Gasteiger partial charge >= 0.3 is 0 Å². The molecule has 1 aliphatic heterocycles. The van der Waals surface area contributed by atoms with E-state index in [2.05, 4.69) is 6.92 Å². The van der Waals surface area contributed by atoms with Crippen LogP contribution in [0.5, 0.6) is 0 Å². The topological polar surface area (TPSA) is 80.5 Å². The van der Waals surface area contributed by atoms with Crippen LogP contribution < -0.4 is 10.6 Å². The molecule has 0 bridgehead atoms. The Kier molecular flexibility index (Phi) is 4.36. The number of Topliss-reactive ketones (excluding diaryl/α,β-unsaturated/α-hetero) is 1. The highest BCUT2D eigenvalue weighted by atomic mass is 32.2. The molecule has 2 heterocycles. The van der Waals surface area contributed by atoms with Crippen molar-refractivity contribution in [1.29, 1.82) is 0 Å². The molecule has 0 aromatic carbocycles. The van der Waals surface area contributed by atoms with Gasteiger partial charge in [0.1, 0.15) is 9.90 Å². The number of carbonyl (C=O) groups is 1. The summed E-state index contributed by atoms with van der Waals surface area (Å²) < 4.78 is 24.0. The van der Waals surface area contributed by atoms with E-state index in [1.54, 1.807) is 0 Å². The fourth-order valence-corrected chi connectivity index (χ4v) is 5.90. The zero-order valence-corrected chi connectivity index (χ0v) is 14.1. The lowest BCUT2D eigenvalue weighted by molar-refractivity contribution is 0.102. The van der Waals surface area contributed by atoms with Crippen molar-refractivity contribution in [3.8, 4) is 0 Å². The number of rotatable bonds is 3. The highest BCUT2D eigenvalue weighted by Gasteiger charge is 2.30. The van der Waals surface area contributed by atoms with Crippen molar-refractivity contribution in [2.24, 2.45) is 0 Å². The first-order chi connectivity index (χ1) is 9.21. The smallest absolute Gasteiger partial charge is 0.180 e. The summed E-state index contributed by atoms with van der Waals surface area (Å²) in [7, 11) is -3.46. The molecule has 2 rings (SSSR count). The Morgan fingerprint density at radius 1 is 1.45 bits per heavy atom. The second-order valence-electron chi connectivity index (χ2n) is 4.93. The van der Waals surface area contributed by atoms with Crippen LogP contribution in [0.25, 0.3) is 0 Å². The maximum absolute atomic E-state index is 12.0. The van der Waals surface area contributed by atoms with Gasteiger partial charge in [0, 0.05) is 37.3 Å². The van der Waals surface area contributed by atoms with Gasteiger partial charge in [-0.05, 0) is 0 Å². The molecule has 0 spiro atoms. The third-order valence-electron chi connectivity index (χ3n) is 3.10. The van der Waals surface area contributed by atoms with Crippen molar-refractivity contribution < 1.29 is 13.2 Å². The van der Waals surface area contributed by atoms with E-state index in [0.717, 1.165) is 25.1 Å². The summed E-state index contributed by atoms with van der Waals surface area (Å²) in [4.78, 5) is 14.1. The molecule has 5 nitrogen and oxygen atoms in total. The summed E-state index contributed by atoms with van der Waals surface area (Å²) in [5, 5.41) is 1.04. The minimum Gasteiger partial charge on any atom is -0.396 e. The zero-order chi connectivity index (χ0) is 15.1. The van der Waals surface area contributed by atoms with E-state index < -0.39 is 9.84 Å². The van der Waals surface area contributed by atoms with Crippen LogP contribution in [0.1, 0.15) is 23.5 Å². The maximum atomic E-state index is 12.0. The van der Waals surface area contributed by atoms with Crippen molar-refractivity contribution in [1.82, 2.24) is 0 Å². The van der Waals surface area contributed by atoms with Crippen LogP contribution in [0, 0.1) is 0 Å². The summed E-state index contributed by atoms with van der Waals surface area (Å²) in [6.45, 7) is 5.06. The van der Waals surface area contributed by atoms with Crippen LogP contribution in [-0.4, -0.2) is 44.5 Å². The zero-order valence-electron chi connectivity index (χ0n) is 11.7. The van der Waals surface area contributed by atoms with Crippen LogP contribution >= 0.6 is 23.1 Å². The standard InChI is InChI=1S/C12H18N2O3S3/c1-7-6-14(4-5-18-7)12-11(20(3,16)17)9(13)10(19-12)8(2)15/h7H,4-6,13H2,1-3H3. The van der Waals surface area contributed by atoms with Gasteiger partial charge in [-0.25, -0.2) is 8.42 Å². The normalized spacial score (nSPS) is 20.1. The van der Waals surface area contributed by atoms with Crippen LogP contribution in [0.3, 0.4) is 0 Å². The predicted octanol–water partition coefficient (Wildman–Crippen LogP) is 1.88. The lowest BCUT2D eigenvalue weighted by atomic mass is 10.3. The van der Waals surface area contributed by atoms with Gasteiger partial charge in [-0.3, -0.25) is 4.79 Å². The minimum absolute atomic E-state index is 0.103. The number of thiophene rings is 1. The number of ketones is 1. The predicted molar refractivity (Wildman–Crippen MR) is 86.0 cm³/mol. The average Bonchev–Trinajstić information content (AvgIpc) is 2.66. The van der Waals surface area contributed by atoms with Gasteiger partial charge in [0.15, 0.2) is 15.6 Å². The molecule has 1 atom stereocenters. The van der Waals surface area contributed by atoms with Gasteiger partial charge in [-0.2, -0.15) is 11.8 Å². The Hall–Kier alpha value is -0.730. The highest BCUT2D eigenvalue weighted by Crippen LogP contribution is 2.42. The van der Waals surface area contributed by atoms with Crippen molar-refractivity contribution in [3.63, 3.8) is 0 Å². The van der Waals surface area contributed by atoms with Crippen molar-refractivity contribution >= 4 is 49.4 Å². The van der Waals surface area contributed by atoms with E-state index in [9.17, 15) is 13.2 Å². The monoisotopic (exact) mass is 334 g/mol. The van der Waals surface area contributed by atoms with Crippen molar-refractivity contribution in [2.45, 2.75) is 24.0 Å². The lowest BCUT2D eigenvalue weighted by Gasteiger charge is -2.31. The van der Waals surface area contributed by atoms with Gasteiger partial charge in [0.05, 0.1) is 10.6 Å². The highest BCUT2D eigenvalue weighted by molar-refractivity contribution is 8.00.